The number of hydrogen-bond donors (Lipinski definition) is 1. The van der Waals surface area contributed by atoms with E-state index in [0.29, 0.717) is 6.08 Å². The highest BCUT2D eigenvalue weighted by atomic mass is 35.5. The van der Waals surface area contributed by atoms with E-state index in [0.717, 1.165) is 35.2 Å². The maximum atomic E-state index is 14.9. The fourth-order valence-corrected chi connectivity index (χ4v) is 4.29. The number of halogens is 11. The van der Waals surface area contributed by atoms with Crippen LogP contribution in [0.1, 0.15) is 34.3 Å². The lowest BCUT2D eigenvalue weighted by molar-refractivity contribution is -0.143. The maximum absolute atomic E-state index is 14.9. The van der Waals surface area contributed by atoms with Crippen molar-refractivity contribution in [2.45, 2.75) is 31.2 Å². The number of carbonyl (C=O) groups is 1. The summed E-state index contributed by atoms with van der Waals surface area (Å²) >= 11 is 23.5. The summed E-state index contributed by atoms with van der Waals surface area (Å²) < 4.78 is 93.5. The van der Waals surface area contributed by atoms with Crippen LogP contribution in [0.3, 0.4) is 0 Å². The van der Waals surface area contributed by atoms with Gasteiger partial charge in [0.2, 0.25) is 0 Å². The number of amides is 1. The number of rotatable bonds is 8. The number of benzene rings is 2. The second-order valence-electron chi connectivity index (χ2n) is 8.21. The molecule has 1 amide bonds. The van der Waals surface area contributed by atoms with Crippen LogP contribution in [0.2, 0.25) is 20.1 Å². The minimum absolute atomic E-state index is 0.129. The second-order valence-corrected chi connectivity index (χ2v) is 9.81. The number of likely N-dealkylation sites (N-methyl/N-ethyl adjacent to an activating group) is 1. The molecule has 204 valence electrons. The minimum Gasteiger partial charge on any atom is -0.348 e. The monoisotopic (exact) mass is 612 g/mol. The number of carbonyl (C=O) groups excluding carboxylic acids is 1. The van der Waals surface area contributed by atoms with Gasteiger partial charge in [-0.2, -0.15) is 26.3 Å². The van der Waals surface area contributed by atoms with Gasteiger partial charge in [-0.25, -0.2) is 4.39 Å². The second kappa shape index (κ2) is 12.4. The molecule has 2 aromatic carbocycles. The molecular weight excluding hydrogens is 595 g/mol. The number of allylic oxidation sites excluding steroid dienone is 1. The Morgan fingerprint density at radius 2 is 1.57 bits per heavy atom. The Balaban J connectivity index is 2.25. The predicted octanol–water partition coefficient (Wildman–Crippen LogP) is 8.57. The zero-order valence-electron chi connectivity index (χ0n) is 19.0. The van der Waals surface area contributed by atoms with Crippen molar-refractivity contribution in [2.24, 2.45) is 0 Å². The van der Waals surface area contributed by atoms with Crippen LogP contribution in [0.5, 0.6) is 0 Å². The van der Waals surface area contributed by atoms with Gasteiger partial charge in [-0.3, -0.25) is 9.69 Å². The van der Waals surface area contributed by atoms with Crippen molar-refractivity contribution in [1.29, 1.82) is 0 Å². The van der Waals surface area contributed by atoms with Crippen molar-refractivity contribution >= 4 is 58.1 Å². The van der Waals surface area contributed by atoms with E-state index in [1.807, 2.05) is 0 Å². The highest BCUT2D eigenvalue weighted by molar-refractivity contribution is 6.48. The average Bonchev–Trinajstić information content (AvgIpc) is 2.72. The Kier molecular flexibility index (Phi) is 10.6. The van der Waals surface area contributed by atoms with E-state index in [4.69, 9.17) is 46.4 Å². The lowest BCUT2D eigenvalue weighted by atomic mass is 9.96. The van der Waals surface area contributed by atoms with Gasteiger partial charge in [0.15, 0.2) is 0 Å². The van der Waals surface area contributed by atoms with E-state index in [-0.39, 0.29) is 37.8 Å². The zero-order valence-corrected chi connectivity index (χ0v) is 22.1. The molecule has 2 unspecified atom stereocenters. The van der Waals surface area contributed by atoms with Crippen LogP contribution in [0.4, 0.5) is 30.7 Å². The molecule has 0 fully saturated rings. The van der Waals surface area contributed by atoms with Gasteiger partial charge in [0.05, 0.1) is 32.2 Å². The SMILES string of the molecule is CC(CN(C)CC(F)(F)F)NC(=O)c1ccc(/C(F)=C/C(c2cc(Cl)c(Cl)c(Cl)c2)C(F)(F)F)cc1Cl. The first-order valence-corrected chi connectivity index (χ1v) is 11.8. The number of nitrogens with zero attached hydrogens (tertiary/aromatic N) is 1. The van der Waals surface area contributed by atoms with Crippen LogP contribution in [0.25, 0.3) is 5.83 Å². The van der Waals surface area contributed by atoms with E-state index < -0.39 is 48.2 Å². The van der Waals surface area contributed by atoms with E-state index in [9.17, 15) is 35.5 Å². The summed E-state index contributed by atoms with van der Waals surface area (Å²) in [6.45, 7) is 0.166. The molecule has 0 aliphatic rings. The summed E-state index contributed by atoms with van der Waals surface area (Å²) in [5.41, 5.74) is -0.944. The first-order chi connectivity index (χ1) is 16.9. The molecule has 2 rings (SSSR count). The number of nitrogens with one attached hydrogen (secondary N) is 1. The predicted molar refractivity (Wildman–Crippen MR) is 131 cm³/mol. The van der Waals surface area contributed by atoms with Crippen LogP contribution < -0.4 is 5.32 Å². The third-order valence-electron chi connectivity index (χ3n) is 4.93. The minimum atomic E-state index is -4.92. The molecular formula is C23H19Cl4F7N2O. The fraction of sp³-hybridized carbons (Fsp3) is 0.348. The summed E-state index contributed by atoms with van der Waals surface area (Å²) in [6.07, 6.45) is -9.02. The first kappa shape index (κ1) is 31.5. The summed E-state index contributed by atoms with van der Waals surface area (Å²) in [4.78, 5) is 13.4. The maximum Gasteiger partial charge on any atom is 0.401 e. The molecule has 0 aromatic heterocycles. The normalized spacial score (nSPS) is 14.6. The molecule has 0 saturated carbocycles. The smallest absolute Gasteiger partial charge is 0.348 e. The molecule has 0 heterocycles. The summed E-state index contributed by atoms with van der Waals surface area (Å²) in [5.74, 6) is -4.48. The molecule has 2 atom stereocenters. The van der Waals surface area contributed by atoms with Gasteiger partial charge in [0.25, 0.3) is 5.91 Å². The van der Waals surface area contributed by atoms with Crippen molar-refractivity contribution in [2.75, 3.05) is 20.1 Å². The van der Waals surface area contributed by atoms with Crippen molar-refractivity contribution in [3.63, 3.8) is 0 Å². The lowest BCUT2D eigenvalue weighted by Gasteiger charge is -2.23. The summed E-state index contributed by atoms with van der Waals surface area (Å²) in [5, 5.41) is 1.54. The van der Waals surface area contributed by atoms with Gasteiger partial charge in [0, 0.05) is 18.2 Å². The number of hydrogen-bond acceptors (Lipinski definition) is 2. The quantitative estimate of drug-likeness (QED) is 0.239. The van der Waals surface area contributed by atoms with Crippen molar-refractivity contribution in [1.82, 2.24) is 10.2 Å². The number of alkyl halides is 6. The van der Waals surface area contributed by atoms with Gasteiger partial charge < -0.3 is 5.32 Å². The summed E-state index contributed by atoms with van der Waals surface area (Å²) in [6, 6.07) is 4.22. The van der Waals surface area contributed by atoms with E-state index >= 15 is 0 Å². The standard InChI is InChI=1S/C23H19Cl4F7N2O/c1-11(9-36(2)10-22(29,30)31)35-21(37)14-4-3-12(5-16(14)24)19(28)8-15(23(32,33)34)13-6-17(25)20(27)18(26)7-13/h3-8,11,15H,9-10H2,1-2H3,(H,35,37)/b19-8-. The Morgan fingerprint density at radius 3 is 2.05 bits per heavy atom. The van der Waals surface area contributed by atoms with E-state index in [1.54, 1.807) is 0 Å². The third kappa shape index (κ3) is 9.21. The molecule has 1 N–H and O–H groups in total. The highest BCUT2D eigenvalue weighted by Gasteiger charge is 2.40. The van der Waals surface area contributed by atoms with Crippen molar-refractivity contribution in [3.05, 3.63) is 73.2 Å². The lowest BCUT2D eigenvalue weighted by Crippen LogP contribution is -2.43. The van der Waals surface area contributed by atoms with Crippen LogP contribution in [0, 0.1) is 0 Å². The molecule has 0 aliphatic heterocycles. The molecule has 0 radical (unpaired) electrons. The van der Waals surface area contributed by atoms with E-state index in [2.05, 4.69) is 5.32 Å². The van der Waals surface area contributed by atoms with Gasteiger partial charge in [-0.05, 0) is 49.9 Å². The van der Waals surface area contributed by atoms with Crippen LogP contribution in [0.15, 0.2) is 36.4 Å². The fourth-order valence-electron chi connectivity index (χ4n) is 3.41. The van der Waals surface area contributed by atoms with Crippen LogP contribution in [-0.4, -0.2) is 49.3 Å². The Hall–Kier alpha value is -1.72. The van der Waals surface area contributed by atoms with Crippen LogP contribution >= 0.6 is 46.4 Å². The molecule has 37 heavy (non-hydrogen) atoms. The summed E-state index contributed by atoms with van der Waals surface area (Å²) in [7, 11) is 1.23. The first-order valence-electron chi connectivity index (χ1n) is 10.3. The van der Waals surface area contributed by atoms with Gasteiger partial charge in [0.1, 0.15) is 11.7 Å². The third-order valence-corrected chi connectivity index (χ3v) is 6.44. The van der Waals surface area contributed by atoms with Gasteiger partial charge >= 0.3 is 12.4 Å². The average molecular weight is 614 g/mol. The largest absolute Gasteiger partial charge is 0.401 e. The Morgan fingerprint density at radius 1 is 1.00 bits per heavy atom. The van der Waals surface area contributed by atoms with Gasteiger partial charge in [-0.15, -0.1) is 0 Å². The highest BCUT2D eigenvalue weighted by Crippen LogP contribution is 2.42. The molecule has 2 aromatic rings. The van der Waals surface area contributed by atoms with Crippen LogP contribution in [-0.2, 0) is 0 Å². The molecule has 0 spiro atoms. The van der Waals surface area contributed by atoms with Crippen molar-refractivity contribution < 1.29 is 35.5 Å². The molecule has 0 aliphatic carbocycles. The zero-order chi connectivity index (χ0) is 28.3. The molecule has 0 saturated heterocycles. The Labute approximate surface area is 228 Å². The Bertz CT molecular complexity index is 1150. The topological polar surface area (TPSA) is 32.3 Å². The van der Waals surface area contributed by atoms with E-state index in [1.165, 1.54) is 14.0 Å². The molecule has 0 bridgehead atoms. The molecule has 14 heteroatoms. The van der Waals surface area contributed by atoms with Gasteiger partial charge in [-0.1, -0.05) is 52.5 Å². The molecule has 3 nitrogen and oxygen atoms in total. The van der Waals surface area contributed by atoms with Crippen molar-refractivity contribution in [3.8, 4) is 0 Å².